The Hall–Kier alpha value is -6.12. The molecule has 18 nitrogen and oxygen atoms in total. The van der Waals surface area contributed by atoms with Crippen LogP contribution < -0.4 is 38.5 Å². The first-order valence-corrected chi connectivity index (χ1v) is 24.2. The average molecular weight is 986 g/mol. The molecule has 0 aliphatic heterocycles. The molecule has 18 heteroatoms. The van der Waals surface area contributed by atoms with Gasteiger partial charge in [0.2, 0.25) is 0 Å². The number of hydrogen-bond donors (Lipinski definition) is 7. The predicted octanol–water partition coefficient (Wildman–Crippen LogP) is 4.89. The number of rotatable bonds is 35. The van der Waals surface area contributed by atoms with Gasteiger partial charge in [0.05, 0.1) is 90.5 Å². The molecule has 4 aromatic carbocycles. The van der Waals surface area contributed by atoms with Gasteiger partial charge in [-0.1, -0.05) is 18.2 Å². The van der Waals surface area contributed by atoms with Crippen LogP contribution in [0.2, 0.25) is 0 Å². The van der Waals surface area contributed by atoms with Crippen LogP contribution in [0.25, 0.3) is 0 Å². The highest BCUT2D eigenvalue weighted by atomic mass is 16.6. The van der Waals surface area contributed by atoms with Crippen molar-refractivity contribution in [1.29, 1.82) is 0 Å². The van der Waals surface area contributed by atoms with Crippen LogP contribution in [0, 0.1) is 5.41 Å². The highest BCUT2D eigenvalue weighted by Crippen LogP contribution is 2.28. The largest absolute Gasteiger partial charge is 0.399 e. The van der Waals surface area contributed by atoms with Crippen LogP contribution in [-0.4, -0.2) is 140 Å². The number of carbonyl (C=O) groups is 4. The Morgan fingerprint density at radius 3 is 1.01 bits per heavy atom. The van der Waals surface area contributed by atoms with E-state index in [-0.39, 0.29) is 108 Å². The number of hydrogen-bond acceptors (Lipinski definition) is 14. The number of nitrogens with one attached hydrogen (secondary N) is 4. The minimum absolute atomic E-state index is 0.171. The zero-order valence-corrected chi connectivity index (χ0v) is 41.7. The third-order valence-corrected chi connectivity index (χ3v) is 11.1. The van der Waals surface area contributed by atoms with Gasteiger partial charge in [-0.3, -0.25) is 19.2 Å². The Labute approximate surface area is 418 Å². The number of amides is 4. The number of ether oxygens (including phenoxy) is 7. The Bertz CT molecular complexity index is 1960. The molecule has 4 unspecified atom stereocenters. The first-order chi connectivity index (χ1) is 34.2. The van der Waals surface area contributed by atoms with Gasteiger partial charge in [0.15, 0.2) is 0 Å². The molecule has 4 aromatic rings. The van der Waals surface area contributed by atoms with E-state index in [1.165, 1.54) is 0 Å². The van der Waals surface area contributed by atoms with Gasteiger partial charge in [-0.05, 0) is 125 Å². The molecule has 0 spiro atoms. The van der Waals surface area contributed by atoms with E-state index in [1.54, 1.807) is 84.9 Å². The highest BCUT2D eigenvalue weighted by molar-refractivity contribution is 5.95. The van der Waals surface area contributed by atoms with Crippen molar-refractivity contribution in [2.75, 3.05) is 109 Å². The summed E-state index contributed by atoms with van der Waals surface area (Å²) in [5.74, 6) is -0.840. The summed E-state index contributed by atoms with van der Waals surface area (Å²) in [4.78, 5) is 50.3. The summed E-state index contributed by atoms with van der Waals surface area (Å²) in [6.07, 6.45) is 0.0836. The lowest BCUT2D eigenvalue weighted by atomic mass is 9.84. The van der Waals surface area contributed by atoms with E-state index in [2.05, 4.69) is 21.3 Å². The molecule has 10 N–H and O–H groups in total. The summed E-state index contributed by atoms with van der Waals surface area (Å²) < 4.78 is 43.3. The van der Waals surface area contributed by atoms with Crippen LogP contribution in [-0.2, 0) is 33.2 Å². The molecule has 388 valence electrons. The van der Waals surface area contributed by atoms with Crippen LogP contribution in [0.1, 0.15) is 82.0 Å². The first kappa shape index (κ1) is 57.5. The second-order valence-corrected chi connectivity index (χ2v) is 17.6. The van der Waals surface area contributed by atoms with Gasteiger partial charge >= 0.3 is 0 Å². The number of anilines is 3. The summed E-state index contributed by atoms with van der Waals surface area (Å²) in [6, 6.07) is 29.1. The molecule has 0 bridgehead atoms. The van der Waals surface area contributed by atoms with Gasteiger partial charge in [-0.25, -0.2) is 0 Å². The quantitative estimate of drug-likeness (QED) is 0.0239. The molecule has 0 aliphatic rings. The number of benzene rings is 4. The lowest BCUT2D eigenvalue weighted by Crippen LogP contribution is -2.41. The second-order valence-electron chi connectivity index (χ2n) is 17.6. The van der Waals surface area contributed by atoms with Crippen molar-refractivity contribution in [2.45, 2.75) is 65.0 Å². The van der Waals surface area contributed by atoms with Crippen LogP contribution in [0.15, 0.2) is 103 Å². The predicted molar refractivity (Wildman–Crippen MR) is 274 cm³/mol. The lowest BCUT2D eigenvalue weighted by molar-refractivity contribution is -0.114. The maximum absolute atomic E-state index is 12.6. The van der Waals surface area contributed by atoms with Crippen molar-refractivity contribution in [3.05, 3.63) is 125 Å². The molecule has 0 heterocycles. The maximum Gasteiger partial charge on any atom is 0.251 e. The monoisotopic (exact) mass is 986 g/mol. The SMILES string of the molecule is CC(CCC(COCC(C)OCCNC(=O)c1ccc(N)cc1)(COCC(C)OCCNC(=O)c1ccc(N)cc1)COCC(C)OCCNC(=O)c1ccc(N)cc1)OCCNC(=O)c1ccccc1. The molecule has 0 radical (unpaired) electrons. The third kappa shape index (κ3) is 23.1. The van der Waals surface area contributed by atoms with Crippen LogP contribution in [0.5, 0.6) is 0 Å². The molecule has 4 atom stereocenters. The Balaban J connectivity index is 1.35. The van der Waals surface area contributed by atoms with Gasteiger partial charge < -0.3 is 71.6 Å². The molecular weight excluding hydrogens is 911 g/mol. The molecule has 4 amide bonds. The fourth-order valence-corrected chi connectivity index (χ4v) is 7.00. The van der Waals surface area contributed by atoms with Crippen molar-refractivity contribution < 1.29 is 52.3 Å². The molecule has 0 saturated carbocycles. The van der Waals surface area contributed by atoms with Gasteiger partial charge in [-0.2, -0.15) is 0 Å². The van der Waals surface area contributed by atoms with Gasteiger partial charge in [0, 0.05) is 70.9 Å². The molecule has 0 fully saturated rings. The average Bonchev–Trinajstić information content (AvgIpc) is 3.36. The van der Waals surface area contributed by atoms with Crippen molar-refractivity contribution >= 4 is 40.7 Å². The highest BCUT2D eigenvalue weighted by Gasteiger charge is 2.33. The van der Waals surface area contributed by atoms with Crippen LogP contribution in [0.4, 0.5) is 17.1 Å². The molecule has 0 saturated heterocycles. The zero-order valence-electron chi connectivity index (χ0n) is 41.7. The van der Waals surface area contributed by atoms with Gasteiger partial charge in [-0.15, -0.1) is 0 Å². The zero-order chi connectivity index (χ0) is 51.3. The first-order valence-electron chi connectivity index (χ1n) is 24.2. The van der Waals surface area contributed by atoms with Crippen LogP contribution in [0.3, 0.4) is 0 Å². The standard InChI is InChI=1S/C53H75N7O11/c1-38(68-28-24-57-49(61)42-8-6-5-7-9-42)22-23-53(35-65-32-39(2)69-29-25-58-50(62)43-10-16-46(54)17-11-43,36-66-33-40(3)70-30-26-59-51(63)44-12-18-47(55)19-13-44)37-67-34-41(4)71-31-27-60-52(64)45-14-20-48(56)21-15-45/h5-21,38-41H,22-37,54-56H2,1-4H3,(H,57,61)(H,58,62)(H,59,63)(H,60,64). The van der Waals surface area contributed by atoms with Crippen molar-refractivity contribution in [1.82, 2.24) is 21.3 Å². The Kier molecular flexibility index (Phi) is 25.9. The molecule has 0 aliphatic carbocycles. The van der Waals surface area contributed by atoms with Crippen molar-refractivity contribution in [2.24, 2.45) is 5.41 Å². The molecular formula is C53H75N7O11. The van der Waals surface area contributed by atoms with Crippen molar-refractivity contribution in [3.63, 3.8) is 0 Å². The van der Waals surface area contributed by atoms with Crippen molar-refractivity contribution in [3.8, 4) is 0 Å². The number of carbonyl (C=O) groups excluding carboxylic acids is 4. The number of nitrogens with two attached hydrogens (primary N) is 3. The molecule has 4 rings (SSSR count). The summed E-state index contributed by atoms with van der Waals surface area (Å²) >= 11 is 0. The fourth-order valence-electron chi connectivity index (χ4n) is 7.00. The normalized spacial score (nSPS) is 13.8. The summed E-state index contributed by atoms with van der Waals surface area (Å²) in [5.41, 5.74) is 20.4. The fraction of sp³-hybridized carbons (Fsp3) is 0.472. The van der Waals surface area contributed by atoms with E-state index in [0.717, 1.165) is 0 Å². The van der Waals surface area contributed by atoms with Gasteiger partial charge in [0.1, 0.15) is 0 Å². The van der Waals surface area contributed by atoms with Crippen LogP contribution >= 0.6 is 0 Å². The molecule has 71 heavy (non-hydrogen) atoms. The topological polar surface area (TPSA) is 259 Å². The minimum atomic E-state index is -0.675. The maximum atomic E-state index is 12.6. The Morgan fingerprint density at radius 1 is 0.423 bits per heavy atom. The lowest BCUT2D eigenvalue weighted by Gasteiger charge is -2.35. The second kappa shape index (κ2) is 32.0. The van der Waals surface area contributed by atoms with E-state index in [9.17, 15) is 19.2 Å². The van der Waals surface area contributed by atoms with E-state index < -0.39 is 5.41 Å². The summed E-state index contributed by atoms with van der Waals surface area (Å²) in [5, 5.41) is 11.5. The smallest absolute Gasteiger partial charge is 0.251 e. The van der Waals surface area contributed by atoms with E-state index in [4.69, 9.17) is 50.4 Å². The van der Waals surface area contributed by atoms with Gasteiger partial charge in [0.25, 0.3) is 23.6 Å². The molecule has 0 aromatic heterocycles. The third-order valence-electron chi connectivity index (χ3n) is 11.1. The summed E-state index contributed by atoms with van der Waals surface area (Å²) in [6.45, 7) is 11.6. The summed E-state index contributed by atoms with van der Waals surface area (Å²) in [7, 11) is 0. The Morgan fingerprint density at radius 2 is 0.704 bits per heavy atom. The minimum Gasteiger partial charge on any atom is -0.399 e. The van der Waals surface area contributed by atoms with E-state index >= 15 is 0 Å². The number of nitrogen functional groups attached to an aromatic ring is 3. The van der Waals surface area contributed by atoms with E-state index in [1.807, 2.05) is 45.9 Å². The van der Waals surface area contributed by atoms with E-state index in [0.29, 0.717) is 84.9 Å².